The number of hydrogen-bond acceptors (Lipinski definition) is 4. The smallest absolute Gasteiger partial charge is 0.157 e. The molecule has 0 spiro atoms. The summed E-state index contributed by atoms with van der Waals surface area (Å²) in [5.74, 6) is 1.08. The summed E-state index contributed by atoms with van der Waals surface area (Å²) < 4.78 is 28.6. The Bertz CT molecular complexity index is 620. The van der Waals surface area contributed by atoms with Crippen molar-refractivity contribution in [2.24, 2.45) is 0 Å². The van der Waals surface area contributed by atoms with E-state index in [2.05, 4.69) is 11.0 Å². The monoisotopic (exact) mass is 309 g/mol. The van der Waals surface area contributed by atoms with E-state index >= 15 is 0 Å². The van der Waals surface area contributed by atoms with Gasteiger partial charge in [-0.25, -0.2) is 8.42 Å². The number of benzene rings is 1. The Hall–Kier alpha value is -1.33. The van der Waals surface area contributed by atoms with Crippen molar-refractivity contribution in [2.75, 3.05) is 32.5 Å². The van der Waals surface area contributed by atoms with Crippen molar-refractivity contribution in [3.63, 3.8) is 0 Å². The van der Waals surface area contributed by atoms with E-state index < -0.39 is 14.6 Å². The van der Waals surface area contributed by atoms with Crippen LogP contribution in [-0.2, 0) is 9.84 Å². The minimum Gasteiger partial charge on any atom is -0.496 e. The van der Waals surface area contributed by atoms with E-state index in [0.29, 0.717) is 13.1 Å². The molecule has 1 fully saturated rings. The molecular weight excluding hydrogens is 286 g/mol. The highest BCUT2D eigenvalue weighted by Gasteiger charge is 2.39. The van der Waals surface area contributed by atoms with Crippen LogP contribution in [0.4, 0.5) is 0 Å². The Morgan fingerprint density at radius 1 is 1.33 bits per heavy atom. The van der Waals surface area contributed by atoms with Crippen LogP contribution in [0.2, 0.25) is 0 Å². The second-order valence-electron chi connectivity index (χ2n) is 5.96. The highest BCUT2D eigenvalue weighted by atomic mass is 32.2. The molecule has 1 aliphatic rings. The molecule has 0 saturated carbocycles. The predicted octanol–water partition coefficient (Wildman–Crippen LogP) is 2.22. The number of ether oxygens (including phenoxy) is 1. The van der Waals surface area contributed by atoms with Gasteiger partial charge in [0.1, 0.15) is 5.75 Å². The first-order chi connectivity index (χ1) is 9.86. The van der Waals surface area contributed by atoms with E-state index in [1.54, 1.807) is 21.0 Å². The molecule has 1 aromatic carbocycles. The van der Waals surface area contributed by atoms with Crippen molar-refractivity contribution in [3.8, 4) is 5.75 Å². The third-order valence-corrected chi connectivity index (χ3v) is 6.46. The number of para-hydroxylation sites is 1. The van der Waals surface area contributed by atoms with E-state index in [1.165, 1.54) is 0 Å². The van der Waals surface area contributed by atoms with Gasteiger partial charge in [-0.1, -0.05) is 30.4 Å². The largest absolute Gasteiger partial charge is 0.496 e. The van der Waals surface area contributed by atoms with Crippen LogP contribution >= 0.6 is 0 Å². The summed E-state index contributed by atoms with van der Waals surface area (Å²) >= 11 is 0. The van der Waals surface area contributed by atoms with Crippen LogP contribution in [0.3, 0.4) is 0 Å². The Kier molecular flexibility index (Phi) is 4.74. The number of methoxy groups -OCH3 is 1. The SMILES string of the molecule is COc1ccccc1C=CCN1CCS(=O)(=O)C(C)(C)C1. The maximum Gasteiger partial charge on any atom is 0.157 e. The number of rotatable bonds is 4. The highest BCUT2D eigenvalue weighted by molar-refractivity contribution is 7.92. The van der Waals surface area contributed by atoms with Crippen molar-refractivity contribution in [2.45, 2.75) is 18.6 Å². The lowest BCUT2D eigenvalue weighted by Gasteiger charge is -2.37. The lowest BCUT2D eigenvalue weighted by atomic mass is 10.1. The number of nitrogens with zero attached hydrogens (tertiary/aromatic N) is 1. The fourth-order valence-electron chi connectivity index (χ4n) is 2.53. The molecule has 4 nitrogen and oxygen atoms in total. The molecule has 0 aromatic heterocycles. The number of hydrogen-bond donors (Lipinski definition) is 0. The molecule has 1 heterocycles. The first-order valence-corrected chi connectivity index (χ1v) is 8.75. The van der Waals surface area contributed by atoms with E-state index in [0.717, 1.165) is 17.9 Å². The summed E-state index contributed by atoms with van der Waals surface area (Å²) in [7, 11) is -1.31. The molecule has 0 aliphatic carbocycles. The summed E-state index contributed by atoms with van der Waals surface area (Å²) in [5, 5.41) is 0. The summed E-state index contributed by atoms with van der Waals surface area (Å²) in [6.45, 7) is 5.53. The fraction of sp³-hybridized carbons (Fsp3) is 0.500. The molecule has 116 valence electrons. The second-order valence-corrected chi connectivity index (χ2v) is 8.70. The van der Waals surface area contributed by atoms with Crippen LogP contribution in [0.25, 0.3) is 6.08 Å². The average Bonchev–Trinajstić information content (AvgIpc) is 2.43. The van der Waals surface area contributed by atoms with Crippen molar-refractivity contribution in [1.29, 1.82) is 0 Å². The first-order valence-electron chi connectivity index (χ1n) is 7.10. The van der Waals surface area contributed by atoms with Gasteiger partial charge in [0.05, 0.1) is 17.6 Å². The fourth-order valence-corrected chi connectivity index (χ4v) is 3.96. The van der Waals surface area contributed by atoms with Crippen LogP contribution in [0.1, 0.15) is 19.4 Å². The molecule has 1 aromatic rings. The third-order valence-electron chi connectivity index (χ3n) is 3.92. The maximum absolute atomic E-state index is 12.0. The molecule has 0 radical (unpaired) electrons. The summed E-state index contributed by atoms with van der Waals surface area (Å²) in [6.07, 6.45) is 4.08. The van der Waals surface area contributed by atoms with Crippen LogP contribution < -0.4 is 4.74 Å². The molecule has 21 heavy (non-hydrogen) atoms. The number of sulfone groups is 1. The first kappa shape index (κ1) is 16.0. The van der Waals surface area contributed by atoms with Crippen molar-refractivity contribution < 1.29 is 13.2 Å². The van der Waals surface area contributed by atoms with Gasteiger partial charge < -0.3 is 4.74 Å². The minimum atomic E-state index is -2.97. The van der Waals surface area contributed by atoms with Gasteiger partial charge in [-0.15, -0.1) is 0 Å². The molecule has 1 aliphatic heterocycles. The molecule has 0 bridgehead atoms. The molecular formula is C16H23NO3S. The summed E-state index contributed by atoms with van der Waals surface area (Å²) in [4.78, 5) is 2.17. The van der Waals surface area contributed by atoms with E-state index in [9.17, 15) is 8.42 Å². The van der Waals surface area contributed by atoms with Gasteiger partial charge in [0, 0.05) is 25.2 Å². The third kappa shape index (κ3) is 3.66. The lowest BCUT2D eigenvalue weighted by molar-refractivity contribution is 0.274. The molecule has 2 rings (SSSR count). The van der Waals surface area contributed by atoms with Gasteiger partial charge in [-0.05, 0) is 19.9 Å². The van der Waals surface area contributed by atoms with E-state index in [-0.39, 0.29) is 5.75 Å². The standard InChI is InChI=1S/C16H23NO3S/c1-16(2)13-17(11-12-21(16,18)19)10-6-8-14-7-4-5-9-15(14)20-3/h4-9H,10-13H2,1-3H3. The average molecular weight is 309 g/mol. The van der Waals surface area contributed by atoms with Crippen LogP contribution in [0, 0.1) is 0 Å². The molecule has 0 N–H and O–H groups in total. The van der Waals surface area contributed by atoms with Crippen molar-refractivity contribution in [1.82, 2.24) is 4.90 Å². The van der Waals surface area contributed by atoms with Gasteiger partial charge in [-0.2, -0.15) is 0 Å². The topological polar surface area (TPSA) is 46.6 Å². The summed E-state index contributed by atoms with van der Waals surface area (Å²) in [5.41, 5.74) is 1.03. The van der Waals surface area contributed by atoms with Crippen molar-refractivity contribution >= 4 is 15.9 Å². The normalized spacial score (nSPS) is 21.5. The van der Waals surface area contributed by atoms with Crippen LogP contribution in [0.15, 0.2) is 30.3 Å². The van der Waals surface area contributed by atoms with Gasteiger partial charge in [0.25, 0.3) is 0 Å². The molecule has 0 atom stereocenters. The zero-order valence-corrected chi connectivity index (χ0v) is 13.7. The quantitative estimate of drug-likeness (QED) is 0.855. The Labute approximate surface area is 127 Å². The van der Waals surface area contributed by atoms with E-state index in [4.69, 9.17) is 4.74 Å². The van der Waals surface area contributed by atoms with Gasteiger partial charge in [0.15, 0.2) is 9.84 Å². The van der Waals surface area contributed by atoms with Gasteiger partial charge in [-0.3, -0.25) is 4.90 Å². The van der Waals surface area contributed by atoms with E-state index in [1.807, 2.05) is 30.3 Å². The van der Waals surface area contributed by atoms with Crippen molar-refractivity contribution in [3.05, 3.63) is 35.9 Å². The molecule has 0 amide bonds. The lowest BCUT2D eigenvalue weighted by Crippen LogP contribution is -2.52. The maximum atomic E-state index is 12.0. The van der Waals surface area contributed by atoms with Gasteiger partial charge >= 0.3 is 0 Å². The van der Waals surface area contributed by atoms with Crippen LogP contribution in [-0.4, -0.2) is 50.6 Å². The zero-order valence-electron chi connectivity index (χ0n) is 12.9. The Morgan fingerprint density at radius 3 is 2.71 bits per heavy atom. The predicted molar refractivity (Wildman–Crippen MR) is 86.3 cm³/mol. The molecule has 5 heteroatoms. The molecule has 1 saturated heterocycles. The minimum absolute atomic E-state index is 0.239. The Morgan fingerprint density at radius 2 is 2.05 bits per heavy atom. The highest BCUT2D eigenvalue weighted by Crippen LogP contribution is 2.24. The Balaban J connectivity index is 1.99. The molecule has 0 unspecified atom stereocenters. The summed E-state index contributed by atoms with van der Waals surface area (Å²) in [6, 6.07) is 7.84. The van der Waals surface area contributed by atoms with Crippen LogP contribution in [0.5, 0.6) is 5.75 Å². The second kappa shape index (κ2) is 6.20. The zero-order chi connectivity index (χ0) is 15.5. The van der Waals surface area contributed by atoms with Gasteiger partial charge in [0.2, 0.25) is 0 Å².